The topological polar surface area (TPSA) is 33.1 Å². The molecule has 0 saturated heterocycles. The minimum absolute atomic E-state index is 0.0753. The Morgan fingerprint density at radius 3 is 2.62 bits per heavy atom. The molecule has 1 aromatic heterocycles. The van der Waals surface area contributed by atoms with Gasteiger partial charge in [-0.25, -0.2) is 8.78 Å². The van der Waals surface area contributed by atoms with Crippen molar-refractivity contribution >= 4 is 10.9 Å². The number of hydrogen-bond acceptors (Lipinski definition) is 2. The highest BCUT2D eigenvalue weighted by atomic mass is 19.1. The predicted molar refractivity (Wildman–Crippen MR) is 76.8 cm³/mol. The summed E-state index contributed by atoms with van der Waals surface area (Å²) in [5.41, 5.74) is 1.55. The number of benzene rings is 2. The second-order valence-corrected chi connectivity index (χ2v) is 4.88. The van der Waals surface area contributed by atoms with E-state index in [0.717, 1.165) is 23.0 Å². The zero-order valence-electron chi connectivity index (χ0n) is 11.1. The van der Waals surface area contributed by atoms with E-state index in [2.05, 4.69) is 4.98 Å². The van der Waals surface area contributed by atoms with E-state index in [1.807, 2.05) is 30.3 Å². The maximum Gasteiger partial charge on any atom is 0.131 e. The van der Waals surface area contributed by atoms with Gasteiger partial charge in [-0.1, -0.05) is 30.3 Å². The number of nitrogens with zero attached hydrogens (tertiary/aromatic N) is 1. The Labute approximate surface area is 120 Å². The third kappa shape index (κ3) is 2.90. The summed E-state index contributed by atoms with van der Waals surface area (Å²) in [7, 11) is 0. The maximum atomic E-state index is 13.6. The minimum Gasteiger partial charge on any atom is -0.388 e. The van der Waals surface area contributed by atoms with E-state index in [9.17, 15) is 13.9 Å². The molecule has 1 unspecified atom stereocenters. The van der Waals surface area contributed by atoms with Crippen molar-refractivity contribution in [1.29, 1.82) is 0 Å². The summed E-state index contributed by atoms with van der Waals surface area (Å²) >= 11 is 0. The van der Waals surface area contributed by atoms with Gasteiger partial charge in [0.25, 0.3) is 0 Å². The lowest BCUT2D eigenvalue weighted by atomic mass is 10.0. The molecule has 1 N–H and O–H groups in total. The summed E-state index contributed by atoms with van der Waals surface area (Å²) in [5.74, 6) is -1.41. The molecule has 21 heavy (non-hydrogen) atoms. The third-order valence-electron chi connectivity index (χ3n) is 3.38. The molecule has 0 amide bonds. The number of rotatable bonds is 3. The Hall–Kier alpha value is -2.33. The highest BCUT2D eigenvalue weighted by Gasteiger charge is 2.15. The molecular formula is C17H13F2NO. The molecule has 1 atom stereocenters. The van der Waals surface area contributed by atoms with Crippen molar-refractivity contribution in [2.45, 2.75) is 12.5 Å². The number of aromatic nitrogens is 1. The van der Waals surface area contributed by atoms with Crippen molar-refractivity contribution in [1.82, 2.24) is 4.98 Å². The first-order valence-corrected chi connectivity index (χ1v) is 6.61. The van der Waals surface area contributed by atoms with Crippen LogP contribution >= 0.6 is 0 Å². The molecule has 0 saturated carbocycles. The lowest BCUT2D eigenvalue weighted by molar-refractivity contribution is 0.172. The fourth-order valence-electron chi connectivity index (χ4n) is 2.30. The standard InChI is InChI=1S/C17H13F2NO/c18-12-6-8-14(15(19)9-12)17(21)10-13-7-5-11-3-1-2-4-16(11)20-13/h1-9,17,21H,10H2. The summed E-state index contributed by atoms with van der Waals surface area (Å²) in [6, 6.07) is 14.5. The molecule has 3 aromatic rings. The van der Waals surface area contributed by atoms with Crippen LogP contribution in [0.1, 0.15) is 17.4 Å². The SMILES string of the molecule is OC(Cc1ccc2ccccc2n1)c1ccc(F)cc1F. The number of hydrogen-bond donors (Lipinski definition) is 1. The zero-order valence-corrected chi connectivity index (χ0v) is 11.1. The van der Waals surface area contributed by atoms with Crippen LogP contribution in [0.3, 0.4) is 0 Å². The van der Waals surface area contributed by atoms with Crippen LogP contribution in [0.15, 0.2) is 54.6 Å². The number of fused-ring (bicyclic) bond motifs is 1. The quantitative estimate of drug-likeness (QED) is 0.794. The predicted octanol–water partition coefficient (Wildman–Crippen LogP) is 3.79. The van der Waals surface area contributed by atoms with Crippen LogP contribution in [-0.4, -0.2) is 10.1 Å². The van der Waals surface area contributed by atoms with E-state index in [1.54, 1.807) is 6.07 Å². The molecule has 0 bridgehead atoms. The van der Waals surface area contributed by atoms with E-state index in [1.165, 1.54) is 6.07 Å². The van der Waals surface area contributed by atoms with Crippen LogP contribution in [0.2, 0.25) is 0 Å². The lowest BCUT2D eigenvalue weighted by Gasteiger charge is -2.12. The van der Waals surface area contributed by atoms with Crippen molar-refractivity contribution in [3.8, 4) is 0 Å². The van der Waals surface area contributed by atoms with Crippen LogP contribution in [0.4, 0.5) is 8.78 Å². The molecule has 0 aliphatic carbocycles. The van der Waals surface area contributed by atoms with E-state index in [-0.39, 0.29) is 12.0 Å². The molecule has 0 radical (unpaired) electrons. The smallest absolute Gasteiger partial charge is 0.131 e. The highest BCUT2D eigenvalue weighted by molar-refractivity contribution is 5.78. The average molecular weight is 285 g/mol. The van der Waals surface area contributed by atoms with Gasteiger partial charge in [0, 0.05) is 29.1 Å². The molecule has 106 valence electrons. The van der Waals surface area contributed by atoms with E-state index in [4.69, 9.17) is 0 Å². The summed E-state index contributed by atoms with van der Waals surface area (Å²) in [5, 5.41) is 11.1. The van der Waals surface area contributed by atoms with Crippen molar-refractivity contribution in [3.63, 3.8) is 0 Å². The van der Waals surface area contributed by atoms with Gasteiger partial charge in [-0.2, -0.15) is 0 Å². The van der Waals surface area contributed by atoms with Gasteiger partial charge in [-0.15, -0.1) is 0 Å². The largest absolute Gasteiger partial charge is 0.388 e. The zero-order chi connectivity index (χ0) is 14.8. The normalized spacial score (nSPS) is 12.5. The molecule has 0 aliphatic rings. The Bertz CT molecular complexity index is 789. The van der Waals surface area contributed by atoms with Crippen molar-refractivity contribution in [2.24, 2.45) is 0 Å². The van der Waals surface area contributed by atoms with Gasteiger partial charge in [0.05, 0.1) is 11.6 Å². The Kier molecular flexibility index (Phi) is 3.62. The van der Waals surface area contributed by atoms with Crippen LogP contribution in [0.5, 0.6) is 0 Å². The molecule has 2 aromatic carbocycles. The summed E-state index contributed by atoms with van der Waals surface area (Å²) in [6.45, 7) is 0. The lowest BCUT2D eigenvalue weighted by Crippen LogP contribution is -2.06. The Morgan fingerprint density at radius 1 is 1.00 bits per heavy atom. The minimum atomic E-state index is -1.06. The van der Waals surface area contributed by atoms with E-state index >= 15 is 0 Å². The summed E-state index contributed by atoms with van der Waals surface area (Å²) in [4.78, 5) is 4.43. The summed E-state index contributed by atoms with van der Waals surface area (Å²) < 4.78 is 26.5. The van der Waals surface area contributed by atoms with Gasteiger partial charge >= 0.3 is 0 Å². The molecular weight excluding hydrogens is 272 g/mol. The van der Waals surface area contributed by atoms with Gasteiger partial charge in [0.2, 0.25) is 0 Å². The third-order valence-corrected chi connectivity index (χ3v) is 3.38. The Morgan fingerprint density at radius 2 is 1.81 bits per heavy atom. The molecule has 4 heteroatoms. The second kappa shape index (κ2) is 5.58. The van der Waals surface area contributed by atoms with Gasteiger partial charge in [-0.05, 0) is 18.2 Å². The van der Waals surface area contributed by atoms with Gasteiger partial charge in [0.15, 0.2) is 0 Å². The number of aliphatic hydroxyl groups excluding tert-OH is 1. The molecule has 0 fully saturated rings. The number of aliphatic hydroxyl groups is 1. The fraction of sp³-hybridized carbons (Fsp3) is 0.118. The molecule has 2 nitrogen and oxygen atoms in total. The fourth-order valence-corrected chi connectivity index (χ4v) is 2.30. The number of para-hydroxylation sites is 1. The van der Waals surface area contributed by atoms with Crippen molar-refractivity contribution in [3.05, 3.63) is 77.5 Å². The number of halogens is 2. The maximum absolute atomic E-state index is 13.6. The van der Waals surface area contributed by atoms with Crippen LogP contribution in [0.25, 0.3) is 10.9 Å². The number of pyridine rings is 1. The van der Waals surface area contributed by atoms with Gasteiger partial charge in [-0.3, -0.25) is 4.98 Å². The second-order valence-electron chi connectivity index (χ2n) is 4.88. The molecule has 1 heterocycles. The molecule has 3 rings (SSSR count). The first-order valence-electron chi connectivity index (χ1n) is 6.61. The first kappa shape index (κ1) is 13.6. The molecule has 0 spiro atoms. The summed E-state index contributed by atoms with van der Waals surface area (Å²) in [6.07, 6.45) is -0.882. The van der Waals surface area contributed by atoms with E-state index < -0.39 is 17.7 Å². The monoisotopic (exact) mass is 285 g/mol. The highest BCUT2D eigenvalue weighted by Crippen LogP contribution is 2.22. The Balaban J connectivity index is 1.87. The van der Waals surface area contributed by atoms with Gasteiger partial charge in [0.1, 0.15) is 11.6 Å². The van der Waals surface area contributed by atoms with Crippen molar-refractivity contribution in [2.75, 3.05) is 0 Å². The molecule has 0 aliphatic heterocycles. The average Bonchev–Trinajstić information content (AvgIpc) is 2.47. The van der Waals surface area contributed by atoms with Crippen molar-refractivity contribution < 1.29 is 13.9 Å². The van der Waals surface area contributed by atoms with Crippen LogP contribution in [-0.2, 0) is 6.42 Å². The van der Waals surface area contributed by atoms with Crippen LogP contribution in [0, 0.1) is 11.6 Å². The van der Waals surface area contributed by atoms with E-state index in [0.29, 0.717) is 5.69 Å². The first-order chi connectivity index (χ1) is 10.1. The van der Waals surface area contributed by atoms with Crippen LogP contribution < -0.4 is 0 Å². The van der Waals surface area contributed by atoms with Gasteiger partial charge < -0.3 is 5.11 Å².